The standard InChI is InChI=1S/C27H33N3O/c1-2-21-12-6-8-14-24(21)30-19-22(18-26(30)31)27-28-23-13-7-9-15-25(23)29(27)17-16-20-10-4-3-5-11-20/h6-9,12-15,20,22H,2-5,10-11,16-19H2,1H3/t22-/m0/s1. The van der Waals surface area contributed by atoms with Gasteiger partial charge in [0.25, 0.3) is 0 Å². The van der Waals surface area contributed by atoms with Crippen LogP contribution in [0.25, 0.3) is 11.0 Å². The van der Waals surface area contributed by atoms with Gasteiger partial charge < -0.3 is 9.47 Å². The Balaban J connectivity index is 1.43. The van der Waals surface area contributed by atoms with Crippen LogP contribution in [0.15, 0.2) is 48.5 Å². The van der Waals surface area contributed by atoms with E-state index < -0.39 is 0 Å². The number of para-hydroxylation sites is 3. The summed E-state index contributed by atoms with van der Waals surface area (Å²) in [4.78, 5) is 20.1. The van der Waals surface area contributed by atoms with Crippen molar-refractivity contribution >= 4 is 22.6 Å². The Kier molecular flexibility index (Phi) is 5.80. The van der Waals surface area contributed by atoms with Crippen molar-refractivity contribution in [3.8, 4) is 0 Å². The Morgan fingerprint density at radius 1 is 1.00 bits per heavy atom. The second kappa shape index (κ2) is 8.86. The lowest BCUT2D eigenvalue weighted by molar-refractivity contribution is -0.117. The van der Waals surface area contributed by atoms with E-state index in [2.05, 4.69) is 54.0 Å². The monoisotopic (exact) mass is 415 g/mol. The Morgan fingerprint density at radius 2 is 1.77 bits per heavy atom. The minimum Gasteiger partial charge on any atom is -0.328 e. The summed E-state index contributed by atoms with van der Waals surface area (Å²) in [5.74, 6) is 2.30. The van der Waals surface area contributed by atoms with Gasteiger partial charge in [-0.1, -0.05) is 69.4 Å². The molecular weight excluding hydrogens is 382 g/mol. The molecule has 0 spiro atoms. The van der Waals surface area contributed by atoms with Crippen molar-refractivity contribution in [3.05, 3.63) is 59.9 Å². The second-order valence-corrected chi connectivity index (χ2v) is 9.29. The molecule has 1 aliphatic heterocycles. The molecule has 4 heteroatoms. The highest BCUT2D eigenvalue weighted by Crippen LogP contribution is 2.35. The van der Waals surface area contributed by atoms with E-state index in [1.807, 2.05) is 11.0 Å². The van der Waals surface area contributed by atoms with Gasteiger partial charge in [0.1, 0.15) is 5.82 Å². The summed E-state index contributed by atoms with van der Waals surface area (Å²) in [5, 5.41) is 0. The van der Waals surface area contributed by atoms with Crippen LogP contribution in [0.4, 0.5) is 5.69 Å². The van der Waals surface area contributed by atoms with Gasteiger partial charge in [-0.05, 0) is 42.5 Å². The number of rotatable bonds is 6. The highest BCUT2D eigenvalue weighted by Gasteiger charge is 2.35. The Bertz CT molecular complexity index is 1060. The summed E-state index contributed by atoms with van der Waals surface area (Å²) in [6.07, 6.45) is 9.59. The molecule has 1 saturated heterocycles. The molecule has 2 aromatic carbocycles. The molecule has 162 valence electrons. The number of aryl methyl sites for hydroxylation is 2. The lowest BCUT2D eigenvalue weighted by atomic mass is 9.87. The van der Waals surface area contributed by atoms with Gasteiger partial charge in [0.05, 0.1) is 11.0 Å². The second-order valence-electron chi connectivity index (χ2n) is 9.29. The molecule has 1 saturated carbocycles. The molecule has 2 heterocycles. The van der Waals surface area contributed by atoms with Crippen molar-refractivity contribution < 1.29 is 4.79 Å². The van der Waals surface area contributed by atoms with E-state index in [1.165, 1.54) is 49.6 Å². The van der Waals surface area contributed by atoms with E-state index in [0.717, 1.165) is 42.5 Å². The summed E-state index contributed by atoms with van der Waals surface area (Å²) >= 11 is 0. The van der Waals surface area contributed by atoms with E-state index in [4.69, 9.17) is 4.98 Å². The fraction of sp³-hybridized carbons (Fsp3) is 0.481. The smallest absolute Gasteiger partial charge is 0.227 e. The number of hydrogen-bond donors (Lipinski definition) is 0. The predicted octanol–water partition coefficient (Wildman–Crippen LogP) is 6.09. The summed E-state index contributed by atoms with van der Waals surface area (Å²) in [6, 6.07) is 16.8. The third-order valence-electron chi connectivity index (χ3n) is 7.32. The number of carbonyl (C=O) groups is 1. The van der Waals surface area contributed by atoms with E-state index in [-0.39, 0.29) is 11.8 Å². The molecule has 1 aromatic heterocycles. The van der Waals surface area contributed by atoms with Crippen LogP contribution in [0, 0.1) is 5.92 Å². The van der Waals surface area contributed by atoms with Crippen LogP contribution in [-0.2, 0) is 17.8 Å². The molecule has 0 unspecified atom stereocenters. The van der Waals surface area contributed by atoms with Crippen molar-refractivity contribution in [1.29, 1.82) is 0 Å². The fourth-order valence-corrected chi connectivity index (χ4v) is 5.61. The number of nitrogens with zero attached hydrogens (tertiary/aromatic N) is 3. The summed E-state index contributed by atoms with van der Waals surface area (Å²) in [6.45, 7) is 3.89. The fourth-order valence-electron chi connectivity index (χ4n) is 5.61. The molecule has 4 nitrogen and oxygen atoms in total. The van der Waals surface area contributed by atoms with E-state index in [1.54, 1.807) is 0 Å². The summed E-state index contributed by atoms with van der Waals surface area (Å²) in [5.41, 5.74) is 4.58. The van der Waals surface area contributed by atoms with Gasteiger partial charge >= 0.3 is 0 Å². The number of fused-ring (bicyclic) bond motifs is 1. The molecule has 5 rings (SSSR count). The highest BCUT2D eigenvalue weighted by atomic mass is 16.2. The number of amides is 1. The first-order valence-electron chi connectivity index (χ1n) is 12.1. The van der Waals surface area contributed by atoms with Crippen molar-refractivity contribution in [1.82, 2.24) is 9.55 Å². The number of carbonyl (C=O) groups excluding carboxylic acids is 1. The molecule has 1 amide bonds. The zero-order chi connectivity index (χ0) is 21.2. The molecular formula is C27H33N3O. The van der Waals surface area contributed by atoms with Crippen LogP contribution < -0.4 is 4.90 Å². The first-order valence-corrected chi connectivity index (χ1v) is 12.1. The molecule has 0 bridgehead atoms. The first kappa shape index (κ1) is 20.3. The van der Waals surface area contributed by atoms with Crippen molar-refractivity contribution in [2.75, 3.05) is 11.4 Å². The maximum absolute atomic E-state index is 13.0. The molecule has 0 radical (unpaired) electrons. The van der Waals surface area contributed by atoms with Crippen LogP contribution in [0.1, 0.15) is 69.2 Å². The third kappa shape index (κ3) is 4.00. The van der Waals surface area contributed by atoms with Gasteiger partial charge in [0, 0.05) is 31.1 Å². The van der Waals surface area contributed by atoms with Gasteiger partial charge in [-0.2, -0.15) is 0 Å². The zero-order valence-corrected chi connectivity index (χ0v) is 18.6. The zero-order valence-electron chi connectivity index (χ0n) is 18.6. The molecule has 31 heavy (non-hydrogen) atoms. The maximum atomic E-state index is 13.0. The van der Waals surface area contributed by atoms with E-state index in [9.17, 15) is 4.79 Å². The van der Waals surface area contributed by atoms with Crippen molar-refractivity contribution in [2.24, 2.45) is 5.92 Å². The van der Waals surface area contributed by atoms with Crippen LogP contribution >= 0.6 is 0 Å². The number of benzene rings is 2. The third-order valence-corrected chi connectivity index (χ3v) is 7.32. The molecule has 1 aliphatic carbocycles. The van der Waals surface area contributed by atoms with Crippen molar-refractivity contribution in [3.63, 3.8) is 0 Å². The van der Waals surface area contributed by atoms with E-state index in [0.29, 0.717) is 6.42 Å². The predicted molar refractivity (Wildman–Crippen MR) is 126 cm³/mol. The Labute approximate surface area is 185 Å². The van der Waals surface area contributed by atoms with Gasteiger partial charge in [0.2, 0.25) is 5.91 Å². The molecule has 0 N–H and O–H groups in total. The minimum atomic E-state index is 0.149. The molecule has 3 aromatic rings. The normalized spacial score (nSPS) is 20.1. The van der Waals surface area contributed by atoms with Gasteiger partial charge in [-0.15, -0.1) is 0 Å². The average Bonchev–Trinajstić information content (AvgIpc) is 3.38. The quantitative estimate of drug-likeness (QED) is 0.489. The van der Waals surface area contributed by atoms with Crippen LogP contribution in [0.3, 0.4) is 0 Å². The van der Waals surface area contributed by atoms with Gasteiger partial charge in [-0.3, -0.25) is 4.79 Å². The average molecular weight is 416 g/mol. The largest absolute Gasteiger partial charge is 0.328 e. The lowest BCUT2D eigenvalue weighted by Gasteiger charge is -2.23. The van der Waals surface area contributed by atoms with Crippen LogP contribution in [0.5, 0.6) is 0 Å². The summed E-state index contributed by atoms with van der Waals surface area (Å²) in [7, 11) is 0. The molecule has 2 fully saturated rings. The number of aromatic nitrogens is 2. The van der Waals surface area contributed by atoms with Gasteiger partial charge in [0.15, 0.2) is 0 Å². The Morgan fingerprint density at radius 3 is 2.61 bits per heavy atom. The molecule has 2 aliphatic rings. The minimum absolute atomic E-state index is 0.149. The Hall–Kier alpha value is -2.62. The number of hydrogen-bond acceptors (Lipinski definition) is 2. The van der Waals surface area contributed by atoms with E-state index >= 15 is 0 Å². The molecule has 1 atom stereocenters. The van der Waals surface area contributed by atoms with Gasteiger partial charge in [-0.25, -0.2) is 4.98 Å². The maximum Gasteiger partial charge on any atom is 0.227 e. The number of imidazole rings is 1. The number of anilines is 1. The van der Waals surface area contributed by atoms with Crippen molar-refractivity contribution in [2.45, 2.75) is 70.8 Å². The summed E-state index contributed by atoms with van der Waals surface area (Å²) < 4.78 is 2.43. The SMILES string of the molecule is CCc1ccccc1N1C[C@@H](c2nc3ccccc3n2CCC2CCCCC2)CC1=O. The topological polar surface area (TPSA) is 38.1 Å². The van der Waals surface area contributed by atoms with Crippen LogP contribution in [-0.4, -0.2) is 22.0 Å². The first-order chi connectivity index (χ1) is 15.2. The lowest BCUT2D eigenvalue weighted by Crippen LogP contribution is -2.25. The highest BCUT2D eigenvalue weighted by molar-refractivity contribution is 5.97. The van der Waals surface area contributed by atoms with Crippen LogP contribution in [0.2, 0.25) is 0 Å².